The number of hydrogen-bond acceptors (Lipinski definition) is 3. The molecule has 4 heteroatoms. The monoisotopic (exact) mass is 267 g/mol. The van der Waals surface area contributed by atoms with Gasteiger partial charge in [0.1, 0.15) is 0 Å². The zero-order valence-electron chi connectivity index (χ0n) is 12.2. The van der Waals surface area contributed by atoms with Gasteiger partial charge in [0.25, 0.3) is 0 Å². The fourth-order valence-corrected chi connectivity index (χ4v) is 3.50. The van der Waals surface area contributed by atoms with Crippen molar-refractivity contribution >= 4 is 11.8 Å². The Hall–Kier alpha value is -0.900. The molecule has 1 N–H and O–H groups in total. The maximum Gasteiger partial charge on any atom is 0.233 e. The minimum absolute atomic E-state index is 0.0250. The molecule has 0 bridgehead atoms. The van der Waals surface area contributed by atoms with Crippen molar-refractivity contribution < 1.29 is 14.7 Å². The minimum Gasteiger partial charge on any atom is -0.396 e. The van der Waals surface area contributed by atoms with Crippen LogP contribution in [-0.2, 0) is 9.59 Å². The predicted molar refractivity (Wildman–Crippen MR) is 72.2 cm³/mol. The molecule has 0 radical (unpaired) electrons. The van der Waals surface area contributed by atoms with Crippen LogP contribution >= 0.6 is 0 Å². The Morgan fingerprint density at radius 2 is 1.74 bits per heavy atom. The van der Waals surface area contributed by atoms with Crippen molar-refractivity contribution in [2.24, 2.45) is 23.2 Å². The van der Waals surface area contributed by atoms with E-state index in [2.05, 4.69) is 6.92 Å². The van der Waals surface area contributed by atoms with Crippen LogP contribution in [0, 0.1) is 23.2 Å². The number of aliphatic hydroxyl groups excluding tert-OH is 1. The molecule has 0 aromatic carbocycles. The van der Waals surface area contributed by atoms with Crippen molar-refractivity contribution in [3.05, 3.63) is 0 Å². The van der Waals surface area contributed by atoms with Crippen LogP contribution in [0.1, 0.15) is 46.5 Å². The number of fused-ring (bicyclic) bond motifs is 1. The van der Waals surface area contributed by atoms with Crippen LogP contribution in [0.4, 0.5) is 0 Å². The second-order valence-electron chi connectivity index (χ2n) is 6.86. The Balaban J connectivity index is 2.06. The Morgan fingerprint density at radius 1 is 1.21 bits per heavy atom. The van der Waals surface area contributed by atoms with Crippen LogP contribution in [0.15, 0.2) is 0 Å². The van der Waals surface area contributed by atoms with E-state index in [0.29, 0.717) is 18.9 Å². The van der Waals surface area contributed by atoms with Gasteiger partial charge in [-0.1, -0.05) is 27.2 Å². The van der Waals surface area contributed by atoms with Crippen molar-refractivity contribution in [2.75, 3.05) is 13.2 Å². The van der Waals surface area contributed by atoms with Crippen LogP contribution in [0.2, 0.25) is 0 Å². The molecule has 2 unspecified atom stereocenters. The zero-order valence-corrected chi connectivity index (χ0v) is 12.2. The summed E-state index contributed by atoms with van der Waals surface area (Å²) in [5.74, 6) is 0.453. The quantitative estimate of drug-likeness (QED) is 0.773. The third-order valence-electron chi connectivity index (χ3n) is 4.78. The average Bonchev–Trinajstić information content (AvgIpc) is 2.85. The summed E-state index contributed by atoms with van der Waals surface area (Å²) in [6.07, 6.45) is 3.42. The lowest BCUT2D eigenvalue weighted by molar-refractivity contribution is -0.142. The summed E-state index contributed by atoms with van der Waals surface area (Å²) in [4.78, 5) is 26.2. The second kappa shape index (κ2) is 5.23. The first kappa shape index (κ1) is 14.5. The molecule has 0 aromatic heterocycles. The molecule has 1 aliphatic carbocycles. The van der Waals surface area contributed by atoms with E-state index in [0.717, 1.165) is 19.3 Å². The normalized spacial score (nSPS) is 31.2. The molecule has 2 fully saturated rings. The number of rotatable bonds is 5. The number of amides is 2. The summed E-state index contributed by atoms with van der Waals surface area (Å²) in [6, 6.07) is 0. The molecule has 19 heavy (non-hydrogen) atoms. The molecular formula is C15H25NO3. The molecule has 1 aliphatic heterocycles. The second-order valence-corrected chi connectivity index (χ2v) is 6.86. The van der Waals surface area contributed by atoms with Gasteiger partial charge in [-0.25, -0.2) is 0 Å². The molecule has 2 amide bonds. The molecule has 0 spiro atoms. The largest absolute Gasteiger partial charge is 0.396 e. The van der Waals surface area contributed by atoms with Crippen molar-refractivity contribution in [3.63, 3.8) is 0 Å². The number of aliphatic hydroxyl groups is 1. The van der Waals surface area contributed by atoms with Gasteiger partial charge >= 0.3 is 0 Å². The maximum absolute atomic E-state index is 12.4. The number of nitrogens with zero attached hydrogens (tertiary/aromatic N) is 1. The van der Waals surface area contributed by atoms with Gasteiger partial charge in [-0.2, -0.15) is 0 Å². The third-order valence-corrected chi connectivity index (χ3v) is 4.78. The number of carbonyl (C=O) groups is 2. The summed E-state index contributed by atoms with van der Waals surface area (Å²) < 4.78 is 0. The standard InChI is InChI=1S/C15H25NO3/c1-4-10-7-11-12(8-10)14(19)16(13(11)18)9-15(2,3)5-6-17/h10-12,17H,4-9H2,1-3H3. The molecule has 2 rings (SSSR count). The molecule has 1 saturated carbocycles. The molecule has 4 nitrogen and oxygen atoms in total. The van der Waals surface area contributed by atoms with E-state index in [-0.39, 0.29) is 35.7 Å². The first-order chi connectivity index (χ1) is 8.89. The molecule has 2 aliphatic rings. The van der Waals surface area contributed by atoms with Crippen molar-refractivity contribution in [2.45, 2.75) is 46.5 Å². The number of imide groups is 1. The number of carbonyl (C=O) groups excluding carboxylic acids is 2. The summed E-state index contributed by atoms with van der Waals surface area (Å²) >= 11 is 0. The first-order valence-corrected chi connectivity index (χ1v) is 7.35. The number of likely N-dealkylation sites (tertiary alicyclic amines) is 1. The predicted octanol–water partition coefficient (Wildman–Crippen LogP) is 1.82. The SMILES string of the molecule is CCC1CC2C(=O)N(CC(C)(C)CCO)C(=O)C2C1. The van der Waals surface area contributed by atoms with E-state index in [1.165, 1.54) is 4.90 Å². The fourth-order valence-electron chi connectivity index (χ4n) is 3.50. The first-order valence-electron chi connectivity index (χ1n) is 7.35. The highest BCUT2D eigenvalue weighted by Crippen LogP contribution is 2.45. The van der Waals surface area contributed by atoms with Crippen molar-refractivity contribution in [1.82, 2.24) is 4.90 Å². The topological polar surface area (TPSA) is 57.6 Å². The van der Waals surface area contributed by atoms with Gasteiger partial charge in [0.05, 0.1) is 11.8 Å². The zero-order chi connectivity index (χ0) is 14.2. The summed E-state index contributed by atoms with van der Waals surface area (Å²) in [7, 11) is 0. The summed E-state index contributed by atoms with van der Waals surface area (Å²) in [5, 5.41) is 9.05. The maximum atomic E-state index is 12.4. The molecule has 1 saturated heterocycles. The van der Waals surface area contributed by atoms with Crippen molar-refractivity contribution in [1.29, 1.82) is 0 Å². The third kappa shape index (κ3) is 2.69. The summed E-state index contributed by atoms with van der Waals surface area (Å²) in [5.41, 5.74) is -0.205. The number of hydrogen-bond donors (Lipinski definition) is 1. The van der Waals surface area contributed by atoms with E-state index < -0.39 is 0 Å². The lowest BCUT2D eigenvalue weighted by Gasteiger charge is -2.29. The highest BCUT2D eigenvalue weighted by Gasteiger charge is 2.52. The minimum atomic E-state index is -0.205. The Bertz CT molecular complexity index is 354. The van der Waals surface area contributed by atoms with Gasteiger partial charge < -0.3 is 5.11 Å². The van der Waals surface area contributed by atoms with E-state index in [1.807, 2.05) is 13.8 Å². The van der Waals surface area contributed by atoms with E-state index >= 15 is 0 Å². The highest BCUT2D eigenvalue weighted by molar-refractivity contribution is 6.05. The highest BCUT2D eigenvalue weighted by atomic mass is 16.3. The van der Waals surface area contributed by atoms with Gasteiger partial charge in [-0.05, 0) is 30.6 Å². The van der Waals surface area contributed by atoms with Crippen LogP contribution < -0.4 is 0 Å². The molecule has 0 aromatic rings. The van der Waals surface area contributed by atoms with Gasteiger partial charge in [0, 0.05) is 13.2 Å². The van der Waals surface area contributed by atoms with E-state index in [9.17, 15) is 9.59 Å². The van der Waals surface area contributed by atoms with Gasteiger partial charge in [0.15, 0.2) is 0 Å². The Morgan fingerprint density at radius 3 is 2.16 bits per heavy atom. The van der Waals surface area contributed by atoms with Crippen molar-refractivity contribution in [3.8, 4) is 0 Å². The summed E-state index contributed by atoms with van der Waals surface area (Å²) in [6.45, 7) is 6.64. The smallest absolute Gasteiger partial charge is 0.233 e. The molecule has 2 atom stereocenters. The lowest BCUT2D eigenvalue weighted by Crippen LogP contribution is -2.40. The van der Waals surface area contributed by atoms with Crippen LogP contribution in [0.5, 0.6) is 0 Å². The van der Waals surface area contributed by atoms with E-state index in [1.54, 1.807) is 0 Å². The van der Waals surface area contributed by atoms with Crippen LogP contribution in [0.3, 0.4) is 0 Å². The Kier molecular flexibility index (Phi) is 4.00. The van der Waals surface area contributed by atoms with Crippen LogP contribution in [-0.4, -0.2) is 35.0 Å². The Labute approximate surface area is 115 Å². The van der Waals surface area contributed by atoms with Crippen LogP contribution in [0.25, 0.3) is 0 Å². The van der Waals surface area contributed by atoms with Gasteiger partial charge in [-0.15, -0.1) is 0 Å². The van der Waals surface area contributed by atoms with Gasteiger partial charge in [-0.3, -0.25) is 14.5 Å². The molecular weight excluding hydrogens is 242 g/mol. The molecule has 108 valence electrons. The molecule has 1 heterocycles. The fraction of sp³-hybridized carbons (Fsp3) is 0.867. The average molecular weight is 267 g/mol. The lowest BCUT2D eigenvalue weighted by atomic mass is 9.89. The van der Waals surface area contributed by atoms with Gasteiger partial charge in [0.2, 0.25) is 11.8 Å². The van der Waals surface area contributed by atoms with E-state index in [4.69, 9.17) is 5.11 Å².